The van der Waals surface area contributed by atoms with Crippen molar-refractivity contribution in [2.24, 2.45) is 0 Å². The summed E-state index contributed by atoms with van der Waals surface area (Å²) in [5.41, 5.74) is 12.1. The molecule has 116 valence electrons. The van der Waals surface area contributed by atoms with E-state index in [1.54, 1.807) is 18.9 Å². The predicted octanol–water partition coefficient (Wildman–Crippen LogP) is 3.34. The van der Waals surface area contributed by atoms with Gasteiger partial charge in [0.2, 0.25) is 0 Å². The van der Waals surface area contributed by atoms with Gasteiger partial charge in [-0.15, -0.1) is 11.8 Å². The minimum absolute atomic E-state index is 0.0711. The number of hydrogen-bond donors (Lipinski definition) is 0. The van der Waals surface area contributed by atoms with E-state index >= 15 is 0 Å². The Morgan fingerprint density at radius 1 is 1.27 bits per heavy atom. The van der Waals surface area contributed by atoms with E-state index in [1.807, 2.05) is 37.4 Å². The zero-order valence-corrected chi connectivity index (χ0v) is 14.0. The predicted molar refractivity (Wildman–Crippen MR) is 91.6 cm³/mol. The van der Waals surface area contributed by atoms with Gasteiger partial charge >= 0.3 is 5.71 Å². The van der Waals surface area contributed by atoms with Crippen molar-refractivity contribution in [2.45, 2.75) is 18.7 Å². The Bertz CT molecular complexity index is 618. The van der Waals surface area contributed by atoms with Crippen molar-refractivity contribution in [3.8, 4) is 0 Å². The zero-order chi connectivity index (χ0) is 15.9. The summed E-state index contributed by atoms with van der Waals surface area (Å²) in [6.07, 6.45) is 3.80. The molecule has 0 bridgehead atoms. The van der Waals surface area contributed by atoms with Crippen LogP contribution in [0.25, 0.3) is 5.53 Å². The van der Waals surface area contributed by atoms with E-state index in [9.17, 15) is 5.53 Å². The molecule has 1 atom stereocenters. The van der Waals surface area contributed by atoms with Crippen LogP contribution in [0.4, 0.5) is 0 Å². The molecule has 4 nitrogen and oxygen atoms in total. The minimum Gasteiger partial charge on any atom is -0.497 e. The third-order valence-corrected chi connectivity index (χ3v) is 4.64. The number of benzene rings is 1. The number of ether oxygens (including phenoxy) is 1. The Morgan fingerprint density at radius 2 is 2.00 bits per heavy atom. The highest BCUT2D eigenvalue weighted by atomic mass is 32.2. The molecule has 0 spiro atoms. The van der Waals surface area contributed by atoms with Gasteiger partial charge in [-0.2, -0.15) is 4.79 Å². The summed E-state index contributed by atoms with van der Waals surface area (Å²) in [5.74, 6) is 1.75. The SMILES string of the molecule is CCSC1C(=[N+]=[N-])C=CC(N(C)Cc2ccccc2)=C1OC. The van der Waals surface area contributed by atoms with Crippen LogP contribution in [0.2, 0.25) is 0 Å². The number of likely N-dealkylation sites (N-methyl/N-ethyl adjacent to an activating group) is 1. The van der Waals surface area contributed by atoms with Crippen LogP contribution in [-0.2, 0) is 11.3 Å². The average Bonchev–Trinajstić information content (AvgIpc) is 2.55. The third-order valence-electron chi connectivity index (χ3n) is 3.51. The molecule has 0 aromatic heterocycles. The van der Waals surface area contributed by atoms with Gasteiger partial charge in [-0.1, -0.05) is 37.3 Å². The molecule has 0 radical (unpaired) electrons. The molecule has 0 N–H and O–H groups in total. The fraction of sp³-hybridized carbons (Fsp3) is 0.353. The molecule has 22 heavy (non-hydrogen) atoms. The molecule has 2 rings (SSSR count). The third kappa shape index (κ3) is 3.62. The number of rotatable bonds is 6. The van der Waals surface area contributed by atoms with Crippen molar-refractivity contribution in [2.75, 3.05) is 19.9 Å². The summed E-state index contributed by atoms with van der Waals surface area (Å²) in [4.78, 5) is 5.55. The van der Waals surface area contributed by atoms with Crippen molar-refractivity contribution in [1.82, 2.24) is 4.90 Å². The molecule has 5 heteroatoms. The van der Waals surface area contributed by atoms with E-state index in [2.05, 4.69) is 28.7 Å². The van der Waals surface area contributed by atoms with Gasteiger partial charge in [-0.05, 0) is 17.4 Å². The van der Waals surface area contributed by atoms with Crippen LogP contribution < -0.4 is 0 Å². The molecule has 1 aromatic carbocycles. The Labute approximate surface area is 136 Å². The van der Waals surface area contributed by atoms with Gasteiger partial charge in [0.15, 0.2) is 5.25 Å². The molecule has 0 fully saturated rings. The summed E-state index contributed by atoms with van der Waals surface area (Å²) in [6, 6.07) is 10.3. The van der Waals surface area contributed by atoms with E-state index in [0.29, 0.717) is 5.71 Å². The van der Waals surface area contributed by atoms with Gasteiger partial charge in [-0.3, -0.25) is 0 Å². The molecular weight excluding hydrogens is 294 g/mol. The smallest absolute Gasteiger partial charge is 0.312 e. The van der Waals surface area contributed by atoms with E-state index in [0.717, 1.165) is 23.8 Å². The largest absolute Gasteiger partial charge is 0.497 e. The fourth-order valence-electron chi connectivity index (χ4n) is 2.49. The Kier molecular flexibility index (Phi) is 5.87. The maximum absolute atomic E-state index is 9.19. The Hall–Kier alpha value is -1.97. The standard InChI is InChI=1S/C17H21N3OS/c1-4-22-17-14(19-18)10-11-15(16(17)21-3)20(2)12-13-8-6-5-7-9-13/h5-11,17H,4,12H2,1-3H3. The number of nitrogens with zero attached hydrogens (tertiary/aromatic N) is 3. The highest BCUT2D eigenvalue weighted by Crippen LogP contribution is 2.29. The van der Waals surface area contributed by atoms with Crippen molar-refractivity contribution in [3.05, 3.63) is 65.0 Å². The highest BCUT2D eigenvalue weighted by Gasteiger charge is 2.33. The normalized spacial score (nSPS) is 17.4. The van der Waals surface area contributed by atoms with Gasteiger partial charge in [0.25, 0.3) is 0 Å². The summed E-state index contributed by atoms with van der Waals surface area (Å²) >= 11 is 1.69. The quantitative estimate of drug-likeness (QED) is 0.597. The molecular formula is C17H21N3OS. The van der Waals surface area contributed by atoms with Crippen molar-refractivity contribution >= 4 is 17.5 Å². The fourth-order valence-corrected chi connectivity index (χ4v) is 3.48. The molecule has 0 saturated carbocycles. The van der Waals surface area contributed by atoms with E-state index < -0.39 is 0 Å². The monoisotopic (exact) mass is 315 g/mol. The maximum atomic E-state index is 9.19. The van der Waals surface area contributed by atoms with Crippen LogP contribution in [0.3, 0.4) is 0 Å². The van der Waals surface area contributed by atoms with Crippen molar-refractivity contribution in [1.29, 1.82) is 0 Å². The first-order valence-corrected chi connectivity index (χ1v) is 8.31. The first-order valence-electron chi connectivity index (χ1n) is 7.26. The summed E-state index contributed by atoms with van der Waals surface area (Å²) in [7, 11) is 3.71. The first kappa shape index (κ1) is 16.4. The second kappa shape index (κ2) is 7.87. The second-order valence-corrected chi connectivity index (χ2v) is 6.37. The van der Waals surface area contributed by atoms with Crippen LogP contribution in [0.1, 0.15) is 12.5 Å². The van der Waals surface area contributed by atoms with Gasteiger partial charge in [0, 0.05) is 19.7 Å². The number of thioether (sulfide) groups is 1. The van der Waals surface area contributed by atoms with Crippen LogP contribution in [-0.4, -0.2) is 40.6 Å². The van der Waals surface area contributed by atoms with Crippen molar-refractivity contribution in [3.63, 3.8) is 0 Å². The van der Waals surface area contributed by atoms with Crippen LogP contribution >= 0.6 is 11.8 Å². The highest BCUT2D eigenvalue weighted by molar-refractivity contribution is 8.00. The molecule has 1 aliphatic rings. The topological polar surface area (TPSA) is 48.9 Å². The van der Waals surface area contributed by atoms with Gasteiger partial charge in [-0.25, -0.2) is 0 Å². The van der Waals surface area contributed by atoms with Crippen molar-refractivity contribution < 1.29 is 9.53 Å². The molecule has 0 heterocycles. The van der Waals surface area contributed by atoms with E-state index in [1.165, 1.54) is 5.56 Å². The number of allylic oxidation sites excluding steroid dienone is 2. The maximum Gasteiger partial charge on any atom is 0.312 e. The summed E-state index contributed by atoms with van der Waals surface area (Å²) in [6.45, 7) is 2.88. The Balaban J connectivity index is 2.30. The van der Waals surface area contributed by atoms with Crippen LogP contribution in [0.5, 0.6) is 0 Å². The first-order chi connectivity index (χ1) is 10.7. The molecule has 0 aliphatic heterocycles. The summed E-state index contributed by atoms with van der Waals surface area (Å²) < 4.78 is 5.63. The zero-order valence-electron chi connectivity index (χ0n) is 13.2. The molecule has 1 aromatic rings. The lowest BCUT2D eigenvalue weighted by Crippen LogP contribution is -2.30. The molecule has 0 saturated heterocycles. The number of methoxy groups -OCH3 is 1. The lowest BCUT2D eigenvalue weighted by atomic mass is 10.1. The lowest BCUT2D eigenvalue weighted by Gasteiger charge is -2.27. The van der Waals surface area contributed by atoms with Crippen LogP contribution in [0.15, 0.2) is 53.9 Å². The van der Waals surface area contributed by atoms with E-state index in [4.69, 9.17) is 4.74 Å². The summed E-state index contributed by atoms with van der Waals surface area (Å²) in [5, 5.41) is -0.0711. The minimum atomic E-state index is -0.0711. The molecule has 0 amide bonds. The Morgan fingerprint density at radius 3 is 2.59 bits per heavy atom. The molecule has 1 aliphatic carbocycles. The van der Waals surface area contributed by atoms with Gasteiger partial charge in [0.05, 0.1) is 12.8 Å². The van der Waals surface area contributed by atoms with Gasteiger partial charge < -0.3 is 15.2 Å². The average molecular weight is 315 g/mol. The van der Waals surface area contributed by atoms with Gasteiger partial charge in [0.1, 0.15) is 5.76 Å². The number of hydrogen-bond acceptors (Lipinski definition) is 3. The van der Waals surface area contributed by atoms with Crippen LogP contribution in [0, 0.1) is 0 Å². The molecule has 1 unspecified atom stereocenters. The second-order valence-electron chi connectivity index (χ2n) is 4.99. The van der Waals surface area contributed by atoms with E-state index in [-0.39, 0.29) is 5.25 Å². The lowest BCUT2D eigenvalue weighted by molar-refractivity contribution is -0.00625.